The summed E-state index contributed by atoms with van der Waals surface area (Å²) < 4.78 is 6.64. The molecule has 170 valence electrons. The predicted molar refractivity (Wildman–Crippen MR) is 129 cm³/mol. The maximum Gasteiger partial charge on any atom is 0.283 e. The second kappa shape index (κ2) is 9.26. The Bertz CT molecular complexity index is 1380. The number of ether oxygens (including phenoxy) is 1. The van der Waals surface area contributed by atoms with Crippen molar-refractivity contribution in [1.82, 2.24) is 24.8 Å². The number of hydrogen-bond donors (Lipinski definition) is 2. The van der Waals surface area contributed by atoms with E-state index < -0.39 is 0 Å². The minimum Gasteiger partial charge on any atom is -0.379 e. The van der Waals surface area contributed by atoms with E-state index in [2.05, 4.69) is 25.6 Å². The fourth-order valence-corrected chi connectivity index (χ4v) is 4.59. The van der Waals surface area contributed by atoms with Crippen LogP contribution >= 0.6 is 11.3 Å². The van der Waals surface area contributed by atoms with Crippen molar-refractivity contribution in [3.8, 4) is 0 Å². The van der Waals surface area contributed by atoms with Crippen LogP contribution in [0.15, 0.2) is 47.3 Å². The molecule has 1 aliphatic rings. The number of morpholine rings is 1. The van der Waals surface area contributed by atoms with Crippen LogP contribution in [0, 0.1) is 6.92 Å². The molecule has 1 saturated heterocycles. The van der Waals surface area contributed by atoms with E-state index in [1.165, 1.54) is 15.9 Å². The first-order chi connectivity index (χ1) is 16.1. The van der Waals surface area contributed by atoms with E-state index in [-0.39, 0.29) is 11.5 Å². The van der Waals surface area contributed by atoms with Crippen LogP contribution in [-0.4, -0.2) is 64.8 Å². The van der Waals surface area contributed by atoms with Gasteiger partial charge >= 0.3 is 0 Å². The molecule has 0 atom stereocenters. The third kappa shape index (κ3) is 4.58. The lowest BCUT2D eigenvalue weighted by molar-refractivity contribution is 0.0383. The largest absolute Gasteiger partial charge is 0.379 e. The van der Waals surface area contributed by atoms with Gasteiger partial charge < -0.3 is 15.4 Å². The van der Waals surface area contributed by atoms with Crippen LogP contribution in [0.3, 0.4) is 0 Å². The zero-order valence-electron chi connectivity index (χ0n) is 18.2. The quantitative estimate of drug-likeness (QED) is 0.452. The Morgan fingerprint density at radius 3 is 2.82 bits per heavy atom. The molecule has 1 fully saturated rings. The van der Waals surface area contributed by atoms with Gasteiger partial charge in [0.25, 0.3) is 11.5 Å². The number of hydrogen-bond acceptors (Lipinski definition) is 8. The Hall–Kier alpha value is -3.34. The Morgan fingerprint density at radius 1 is 1.18 bits per heavy atom. The average molecular weight is 465 g/mol. The van der Waals surface area contributed by atoms with Gasteiger partial charge in [-0.1, -0.05) is 29.5 Å². The SMILES string of the molecule is Cc1ccccc1Nc1nn2c(=O)c3ccc(C(=O)NCCN4CCOCC4)cc3nc2s1. The zero-order valence-corrected chi connectivity index (χ0v) is 19.0. The molecule has 0 aliphatic carbocycles. The van der Waals surface area contributed by atoms with Crippen LogP contribution in [-0.2, 0) is 4.74 Å². The number of carbonyl (C=O) groups excluding carboxylic acids is 1. The summed E-state index contributed by atoms with van der Waals surface area (Å²) in [4.78, 5) is 32.9. The van der Waals surface area contributed by atoms with Crippen LogP contribution in [0.25, 0.3) is 15.9 Å². The number of nitrogens with zero attached hydrogens (tertiary/aromatic N) is 4. The lowest BCUT2D eigenvalue weighted by atomic mass is 10.1. The number of carbonyl (C=O) groups is 1. The topological polar surface area (TPSA) is 101 Å². The van der Waals surface area contributed by atoms with E-state index in [1.807, 2.05) is 31.2 Å². The molecule has 4 aromatic rings. The summed E-state index contributed by atoms with van der Waals surface area (Å²) in [6.07, 6.45) is 0. The normalized spacial score (nSPS) is 14.6. The molecule has 33 heavy (non-hydrogen) atoms. The van der Waals surface area contributed by atoms with Crippen molar-refractivity contribution in [3.63, 3.8) is 0 Å². The number of rotatable bonds is 6. The molecule has 0 unspecified atom stereocenters. The van der Waals surface area contributed by atoms with Gasteiger partial charge in [-0.2, -0.15) is 4.52 Å². The highest BCUT2D eigenvalue weighted by Crippen LogP contribution is 2.24. The van der Waals surface area contributed by atoms with E-state index in [4.69, 9.17) is 4.74 Å². The number of anilines is 2. The molecule has 1 aliphatic heterocycles. The number of nitrogens with one attached hydrogen (secondary N) is 2. The summed E-state index contributed by atoms with van der Waals surface area (Å²) >= 11 is 1.29. The van der Waals surface area contributed by atoms with Gasteiger partial charge in [0.1, 0.15) is 0 Å². The maximum atomic E-state index is 13.0. The maximum absolute atomic E-state index is 13.0. The van der Waals surface area contributed by atoms with Gasteiger partial charge in [0, 0.05) is 37.4 Å². The molecule has 0 radical (unpaired) electrons. The molecule has 0 bridgehead atoms. The number of para-hydroxylation sites is 1. The third-order valence-electron chi connectivity index (χ3n) is 5.66. The van der Waals surface area contributed by atoms with Gasteiger partial charge in [0.05, 0.1) is 24.1 Å². The van der Waals surface area contributed by atoms with Gasteiger partial charge in [-0.15, -0.1) is 5.10 Å². The smallest absolute Gasteiger partial charge is 0.283 e. The Balaban J connectivity index is 1.36. The summed E-state index contributed by atoms with van der Waals surface area (Å²) in [5.41, 5.74) is 2.69. The van der Waals surface area contributed by atoms with Gasteiger partial charge in [0.2, 0.25) is 10.1 Å². The summed E-state index contributed by atoms with van der Waals surface area (Å²) in [7, 11) is 0. The average Bonchev–Trinajstić information content (AvgIpc) is 3.23. The lowest BCUT2D eigenvalue weighted by Gasteiger charge is -2.26. The standard InChI is InChI=1S/C23H24N6O3S/c1-15-4-2-3-5-18(15)25-22-27-29-21(31)17-7-6-16(14-19(17)26-23(29)33-22)20(30)24-8-9-28-10-12-32-13-11-28/h2-7,14H,8-13H2,1H3,(H,24,30)(H,25,27). The van der Waals surface area contributed by atoms with E-state index in [9.17, 15) is 9.59 Å². The highest BCUT2D eigenvalue weighted by atomic mass is 32.1. The Kier molecular flexibility index (Phi) is 6.03. The molecule has 5 rings (SSSR count). The van der Waals surface area contributed by atoms with Gasteiger partial charge in [0.15, 0.2) is 0 Å². The van der Waals surface area contributed by atoms with Crippen LogP contribution in [0.1, 0.15) is 15.9 Å². The second-order valence-electron chi connectivity index (χ2n) is 7.90. The van der Waals surface area contributed by atoms with Crippen molar-refractivity contribution in [2.24, 2.45) is 0 Å². The van der Waals surface area contributed by atoms with Crippen molar-refractivity contribution in [1.29, 1.82) is 0 Å². The van der Waals surface area contributed by atoms with Crippen molar-refractivity contribution in [2.75, 3.05) is 44.7 Å². The molecule has 2 aromatic heterocycles. The first-order valence-electron chi connectivity index (χ1n) is 10.8. The number of amides is 1. The minimum atomic E-state index is -0.261. The monoisotopic (exact) mass is 464 g/mol. The fraction of sp³-hybridized carbons (Fsp3) is 0.304. The van der Waals surface area contributed by atoms with Crippen molar-refractivity contribution in [2.45, 2.75) is 6.92 Å². The van der Waals surface area contributed by atoms with E-state index >= 15 is 0 Å². The van der Waals surface area contributed by atoms with Crippen LogP contribution in [0.5, 0.6) is 0 Å². The van der Waals surface area contributed by atoms with Crippen molar-refractivity contribution in [3.05, 3.63) is 63.9 Å². The van der Waals surface area contributed by atoms with Crippen molar-refractivity contribution >= 4 is 43.9 Å². The first kappa shape index (κ1) is 21.5. The molecular formula is C23H24N6O3S. The highest BCUT2D eigenvalue weighted by Gasteiger charge is 2.15. The molecule has 0 spiro atoms. The van der Waals surface area contributed by atoms with Crippen molar-refractivity contribution < 1.29 is 9.53 Å². The predicted octanol–water partition coefficient (Wildman–Crippen LogP) is 2.42. The van der Waals surface area contributed by atoms with Crippen LogP contribution in [0.4, 0.5) is 10.8 Å². The summed E-state index contributed by atoms with van der Waals surface area (Å²) in [5, 5.41) is 11.6. The highest BCUT2D eigenvalue weighted by molar-refractivity contribution is 7.20. The fourth-order valence-electron chi connectivity index (χ4n) is 3.78. The van der Waals surface area contributed by atoms with Crippen LogP contribution < -0.4 is 16.2 Å². The molecule has 1 amide bonds. The van der Waals surface area contributed by atoms with E-state index in [0.29, 0.717) is 33.1 Å². The number of fused-ring (bicyclic) bond motifs is 2. The molecule has 2 aromatic carbocycles. The molecule has 10 heteroatoms. The second-order valence-corrected chi connectivity index (χ2v) is 8.86. The van der Waals surface area contributed by atoms with E-state index in [1.54, 1.807) is 18.2 Å². The Morgan fingerprint density at radius 2 is 2.00 bits per heavy atom. The number of aromatic nitrogens is 3. The summed E-state index contributed by atoms with van der Waals surface area (Å²) in [6, 6.07) is 12.8. The zero-order chi connectivity index (χ0) is 22.8. The summed E-state index contributed by atoms with van der Waals surface area (Å²) in [5.74, 6) is -0.182. The third-order valence-corrected chi connectivity index (χ3v) is 6.49. The first-order valence-corrected chi connectivity index (χ1v) is 11.6. The van der Waals surface area contributed by atoms with Gasteiger partial charge in [-0.05, 0) is 36.8 Å². The molecule has 9 nitrogen and oxygen atoms in total. The molecule has 3 heterocycles. The molecular weight excluding hydrogens is 440 g/mol. The van der Waals surface area contributed by atoms with E-state index in [0.717, 1.165) is 44.1 Å². The number of aryl methyl sites for hydroxylation is 1. The Labute approximate surface area is 194 Å². The van der Waals surface area contributed by atoms with Gasteiger partial charge in [-0.3, -0.25) is 14.5 Å². The summed E-state index contributed by atoms with van der Waals surface area (Å²) in [6.45, 7) is 6.55. The van der Waals surface area contributed by atoms with Gasteiger partial charge in [-0.25, -0.2) is 4.98 Å². The minimum absolute atomic E-state index is 0.182. The lowest BCUT2D eigenvalue weighted by Crippen LogP contribution is -2.41. The molecule has 0 saturated carbocycles. The number of benzene rings is 2. The molecule has 2 N–H and O–H groups in total. The van der Waals surface area contributed by atoms with Crippen LogP contribution in [0.2, 0.25) is 0 Å².